The van der Waals surface area contributed by atoms with Crippen LogP contribution >= 0.6 is 11.8 Å². The van der Waals surface area contributed by atoms with Gasteiger partial charge in [-0.3, -0.25) is 4.79 Å². The van der Waals surface area contributed by atoms with Crippen molar-refractivity contribution >= 4 is 17.7 Å². The second kappa shape index (κ2) is 5.00. The maximum absolute atomic E-state index is 12.2. The van der Waals surface area contributed by atoms with E-state index >= 15 is 0 Å². The summed E-state index contributed by atoms with van der Waals surface area (Å²) in [5.74, 6) is 1.27. The zero-order chi connectivity index (χ0) is 15.3. The van der Waals surface area contributed by atoms with Gasteiger partial charge in [0.2, 0.25) is 5.91 Å². The van der Waals surface area contributed by atoms with Gasteiger partial charge in [-0.2, -0.15) is 0 Å². The van der Waals surface area contributed by atoms with E-state index in [-0.39, 0.29) is 11.3 Å². The van der Waals surface area contributed by atoms with Crippen molar-refractivity contribution in [2.24, 2.45) is 23.8 Å². The summed E-state index contributed by atoms with van der Waals surface area (Å²) in [4.78, 5) is 12.2. The Morgan fingerprint density at radius 3 is 2.81 bits per heavy atom. The third kappa shape index (κ3) is 2.28. The molecule has 21 heavy (non-hydrogen) atoms. The Balaban J connectivity index is 1.58. The van der Waals surface area contributed by atoms with E-state index in [2.05, 4.69) is 36.3 Å². The van der Waals surface area contributed by atoms with Crippen LogP contribution in [0.4, 0.5) is 0 Å². The van der Waals surface area contributed by atoms with Crippen molar-refractivity contribution in [2.45, 2.75) is 51.2 Å². The highest BCUT2D eigenvalue weighted by molar-refractivity contribution is 7.99. The second-order valence-electron chi connectivity index (χ2n) is 7.24. The van der Waals surface area contributed by atoms with Gasteiger partial charge in [-0.05, 0) is 36.0 Å². The molecule has 1 heterocycles. The molecule has 1 amide bonds. The minimum atomic E-state index is 0.109. The summed E-state index contributed by atoms with van der Waals surface area (Å²) < 4.78 is 1.83. The summed E-state index contributed by atoms with van der Waals surface area (Å²) in [6.45, 7) is 7.08. The predicted octanol–water partition coefficient (Wildman–Crippen LogP) is 2.24. The van der Waals surface area contributed by atoms with Gasteiger partial charge in [0.05, 0.1) is 5.75 Å². The number of amides is 1. The Bertz CT molecular complexity index is 556. The molecule has 2 saturated carbocycles. The molecule has 3 rings (SSSR count). The van der Waals surface area contributed by atoms with Gasteiger partial charge in [-0.15, -0.1) is 10.2 Å². The fourth-order valence-corrected chi connectivity index (χ4v) is 4.89. The number of aryl methyl sites for hydroxylation is 1. The minimum absolute atomic E-state index is 0.109. The molecular formula is C15H24N4OS. The van der Waals surface area contributed by atoms with Gasteiger partial charge in [-0.1, -0.05) is 32.5 Å². The summed E-state index contributed by atoms with van der Waals surface area (Å²) in [7, 11) is 1.89. The molecule has 2 fully saturated rings. The molecule has 0 aliphatic heterocycles. The molecule has 2 bridgehead atoms. The summed E-state index contributed by atoms with van der Waals surface area (Å²) in [5, 5.41) is 11.9. The Labute approximate surface area is 130 Å². The second-order valence-corrected chi connectivity index (χ2v) is 8.19. The quantitative estimate of drug-likeness (QED) is 0.867. The molecule has 0 spiro atoms. The Hall–Kier alpha value is -1.04. The highest BCUT2D eigenvalue weighted by atomic mass is 32.2. The van der Waals surface area contributed by atoms with Crippen LogP contribution in [-0.2, 0) is 11.8 Å². The van der Waals surface area contributed by atoms with E-state index in [0.29, 0.717) is 17.2 Å². The zero-order valence-corrected chi connectivity index (χ0v) is 14.0. The Morgan fingerprint density at radius 2 is 2.29 bits per heavy atom. The molecule has 2 aliphatic rings. The lowest BCUT2D eigenvalue weighted by Gasteiger charge is -2.39. The van der Waals surface area contributed by atoms with Gasteiger partial charge in [0, 0.05) is 13.1 Å². The number of carbonyl (C=O) groups excluding carboxylic acids is 1. The van der Waals surface area contributed by atoms with Crippen molar-refractivity contribution in [1.29, 1.82) is 0 Å². The maximum Gasteiger partial charge on any atom is 0.230 e. The van der Waals surface area contributed by atoms with Crippen molar-refractivity contribution < 1.29 is 4.79 Å². The summed E-state index contributed by atoms with van der Waals surface area (Å²) in [6.07, 6.45) is 5.32. The molecule has 0 aromatic carbocycles. The van der Waals surface area contributed by atoms with E-state index < -0.39 is 0 Å². The number of carbonyl (C=O) groups is 1. The average Bonchev–Trinajstić information content (AvgIpc) is 2.98. The van der Waals surface area contributed by atoms with Crippen molar-refractivity contribution in [1.82, 2.24) is 20.1 Å². The monoisotopic (exact) mass is 308 g/mol. The zero-order valence-electron chi connectivity index (χ0n) is 13.2. The van der Waals surface area contributed by atoms with Crippen molar-refractivity contribution in [2.75, 3.05) is 5.75 Å². The van der Waals surface area contributed by atoms with E-state index in [1.54, 1.807) is 6.33 Å². The van der Waals surface area contributed by atoms with Crippen LogP contribution in [0, 0.1) is 16.7 Å². The van der Waals surface area contributed by atoms with Crippen LogP contribution < -0.4 is 5.32 Å². The van der Waals surface area contributed by atoms with Gasteiger partial charge >= 0.3 is 0 Å². The summed E-state index contributed by atoms with van der Waals surface area (Å²) >= 11 is 1.44. The molecule has 1 aromatic rings. The first-order chi connectivity index (χ1) is 9.84. The van der Waals surface area contributed by atoms with Crippen LogP contribution in [0.1, 0.15) is 40.0 Å². The lowest BCUT2D eigenvalue weighted by atomic mass is 9.69. The van der Waals surface area contributed by atoms with Gasteiger partial charge in [-0.25, -0.2) is 0 Å². The Kier molecular flexibility index (Phi) is 3.55. The van der Waals surface area contributed by atoms with Gasteiger partial charge in [0.25, 0.3) is 0 Å². The largest absolute Gasteiger partial charge is 0.352 e. The first-order valence-electron chi connectivity index (χ1n) is 7.61. The molecule has 0 radical (unpaired) electrons. The van der Waals surface area contributed by atoms with Crippen molar-refractivity contribution in [3.8, 4) is 0 Å². The number of nitrogens with one attached hydrogen (secondary N) is 1. The van der Waals surface area contributed by atoms with Crippen LogP contribution in [0.2, 0.25) is 0 Å². The summed E-state index contributed by atoms with van der Waals surface area (Å²) in [5.41, 5.74) is 0.574. The standard InChI is InChI=1S/C15H24N4OS/c1-14(2)10-5-6-15(14,3)11(7-10)17-12(20)8-21-13-18-16-9-19(13)4/h9-11H,5-8H2,1-4H3,(H,17,20)/t10-,11+,15-/m1/s1. The van der Waals surface area contributed by atoms with E-state index in [4.69, 9.17) is 0 Å². The van der Waals surface area contributed by atoms with E-state index in [0.717, 1.165) is 17.5 Å². The molecule has 3 atom stereocenters. The number of hydrogen-bond acceptors (Lipinski definition) is 4. The molecule has 1 aromatic heterocycles. The molecular weight excluding hydrogens is 284 g/mol. The van der Waals surface area contributed by atoms with Crippen LogP contribution in [0.15, 0.2) is 11.5 Å². The average molecular weight is 308 g/mol. The number of nitrogens with zero attached hydrogens (tertiary/aromatic N) is 3. The topological polar surface area (TPSA) is 59.8 Å². The smallest absolute Gasteiger partial charge is 0.230 e. The van der Waals surface area contributed by atoms with Crippen molar-refractivity contribution in [3.05, 3.63) is 6.33 Å². The minimum Gasteiger partial charge on any atom is -0.352 e. The van der Waals surface area contributed by atoms with Crippen LogP contribution in [0.3, 0.4) is 0 Å². The highest BCUT2D eigenvalue weighted by Crippen LogP contribution is 2.65. The SMILES string of the molecule is Cn1cnnc1SCC(=O)N[C@H]1C[C@H]2CC[C@@]1(C)C2(C)C. The number of fused-ring (bicyclic) bond motifs is 2. The molecule has 1 N–H and O–H groups in total. The predicted molar refractivity (Wildman–Crippen MR) is 82.9 cm³/mol. The lowest BCUT2D eigenvalue weighted by Crippen LogP contribution is -2.47. The highest BCUT2D eigenvalue weighted by Gasteiger charge is 2.61. The van der Waals surface area contributed by atoms with Gasteiger partial charge in [0.1, 0.15) is 6.33 Å². The third-order valence-corrected chi connectivity index (χ3v) is 7.17. The van der Waals surface area contributed by atoms with E-state index in [1.807, 2.05) is 11.6 Å². The maximum atomic E-state index is 12.2. The summed E-state index contributed by atoms with van der Waals surface area (Å²) in [6, 6.07) is 0.318. The fraction of sp³-hybridized carbons (Fsp3) is 0.800. The Morgan fingerprint density at radius 1 is 1.52 bits per heavy atom. The lowest BCUT2D eigenvalue weighted by molar-refractivity contribution is -0.120. The molecule has 0 unspecified atom stereocenters. The van der Waals surface area contributed by atoms with Crippen molar-refractivity contribution in [3.63, 3.8) is 0 Å². The number of rotatable bonds is 4. The van der Waals surface area contributed by atoms with Crippen LogP contribution in [0.5, 0.6) is 0 Å². The first-order valence-corrected chi connectivity index (χ1v) is 8.59. The molecule has 0 saturated heterocycles. The third-order valence-electron chi connectivity index (χ3n) is 6.13. The number of hydrogen-bond donors (Lipinski definition) is 1. The first kappa shape index (κ1) is 14.9. The normalized spacial score (nSPS) is 33.3. The molecule has 2 aliphatic carbocycles. The van der Waals surface area contributed by atoms with Crippen LogP contribution in [-0.4, -0.2) is 32.5 Å². The van der Waals surface area contributed by atoms with E-state index in [1.165, 1.54) is 24.6 Å². The van der Waals surface area contributed by atoms with Gasteiger partial charge in [0.15, 0.2) is 5.16 Å². The van der Waals surface area contributed by atoms with Crippen LogP contribution in [0.25, 0.3) is 0 Å². The van der Waals surface area contributed by atoms with E-state index in [9.17, 15) is 4.79 Å². The molecule has 5 nitrogen and oxygen atoms in total. The number of thioether (sulfide) groups is 1. The fourth-order valence-electron chi connectivity index (χ4n) is 4.19. The van der Waals surface area contributed by atoms with Gasteiger partial charge < -0.3 is 9.88 Å². The molecule has 116 valence electrons. The number of aromatic nitrogens is 3. The molecule has 6 heteroatoms.